The van der Waals surface area contributed by atoms with E-state index in [-0.39, 0.29) is 23.4 Å². The van der Waals surface area contributed by atoms with Crippen molar-refractivity contribution in [2.45, 2.75) is 82.3 Å². The van der Waals surface area contributed by atoms with Crippen LogP contribution in [0.5, 0.6) is 5.75 Å². The van der Waals surface area contributed by atoms with Crippen LogP contribution in [0.25, 0.3) is 0 Å². The molecule has 0 aromatic heterocycles. The van der Waals surface area contributed by atoms with Gasteiger partial charge in [0.05, 0.1) is 0 Å². The molecule has 2 aliphatic carbocycles. The maximum atomic E-state index is 12.7. The molecule has 5 heteroatoms. The van der Waals surface area contributed by atoms with E-state index in [4.69, 9.17) is 32.7 Å². The van der Waals surface area contributed by atoms with E-state index in [1.807, 2.05) is 24.3 Å². The number of ether oxygens (including phenoxy) is 2. The molecule has 0 spiro atoms. The molecule has 1 aromatic rings. The summed E-state index contributed by atoms with van der Waals surface area (Å²) in [5, 5.41) is 0. The second kappa shape index (κ2) is 7.15. The Hall–Kier alpha value is -0.930. The topological polar surface area (TPSA) is 35.5 Å². The minimum atomic E-state index is -1.05. The lowest BCUT2D eigenvalue weighted by molar-refractivity contribution is -0.169. The maximum absolute atomic E-state index is 12.7. The van der Waals surface area contributed by atoms with E-state index in [2.05, 4.69) is 20.8 Å². The van der Waals surface area contributed by atoms with E-state index in [0.717, 1.165) is 24.8 Å². The number of hydrogen-bond acceptors (Lipinski definition) is 3. The van der Waals surface area contributed by atoms with E-state index < -0.39 is 9.93 Å². The number of carbonyl (C=O) groups is 1. The van der Waals surface area contributed by atoms with Crippen LogP contribution >= 0.6 is 23.2 Å². The molecule has 2 saturated carbocycles. The summed E-state index contributed by atoms with van der Waals surface area (Å²) in [5.74, 6) is 1.05. The predicted molar refractivity (Wildman–Crippen MR) is 110 cm³/mol. The molecular weight excluding hydrogens is 383 g/mol. The smallest absolute Gasteiger partial charge is 0.350 e. The van der Waals surface area contributed by atoms with Crippen molar-refractivity contribution in [3.8, 4) is 5.75 Å². The standard InChI is InChI=1S/C22H30Cl2O3/c1-14-10-17(12-20(2,3)11-14)26-19(25)21(4,5)27-16-8-6-15(7-9-16)18-13-22(18,23)24/h6-9,14,17-18H,10-13H2,1-5H3. The molecule has 3 atom stereocenters. The number of esters is 1. The number of alkyl halides is 2. The summed E-state index contributed by atoms with van der Waals surface area (Å²) in [4.78, 5) is 12.7. The summed E-state index contributed by atoms with van der Waals surface area (Å²) in [7, 11) is 0. The Morgan fingerprint density at radius 3 is 2.22 bits per heavy atom. The summed E-state index contributed by atoms with van der Waals surface area (Å²) in [6.45, 7) is 10.2. The van der Waals surface area contributed by atoms with E-state index in [1.165, 1.54) is 6.42 Å². The molecule has 0 N–H and O–H groups in total. The molecule has 2 aliphatic rings. The Balaban J connectivity index is 1.59. The molecule has 3 unspecified atom stereocenters. The highest BCUT2D eigenvalue weighted by molar-refractivity contribution is 6.51. The number of benzene rings is 1. The van der Waals surface area contributed by atoms with Crippen molar-refractivity contribution < 1.29 is 14.3 Å². The van der Waals surface area contributed by atoms with Gasteiger partial charge >= 0.3 is 5.97 Å². The van der Waals surface area contributed by atoms with Gasteiger partial charge in [-0.05, 0) is 68.6 Å². The van der Waals surface area contributed by atoms with Crippen molar-refractivity contribution in [3.05, 3.63) is 29.8 Å². The fourth-order valence-corrected chi connectivity index (χ4v) is 4.88. The van der Waals surface area contributed by atoms with Gasteiger partial charge in [-0.15, -0.1) is 23.2 Å². The maximum Gasteiger partial charge on any atom is 0.350 e. The average Bonchev–Trinajstić information content (AvgIpc) is 3.14. The van der Waals surface area contributed by atoms with Crippen LogP contribution in [0, 0.1) is 11.3 Å². The number of halogens is 2. The van der Waals surface area contributed by atoms with Crippen LogP contribution in [0.3, 0.4) is 0 Å². The van der Waals surface area contributed by atoms with Crippen LogP contribution in [0.4, 0.5) is 0 Å². The third-order valence-electron chi connectivity index (χ3n) is 5.59. The largest absolute Gasteiger partial charge is 0.476 e. The first-order chi connectivity index (χ1) is 12.4. The fourth-order valence-electron chi connectivity index (χ4n) is 4.32. The minimum Gasteiger partial charge on any atom is -0.476 e. The van der Waals surface area contributed by atoms with Gasteiger partial charge in [0.1, 0.15) is 16.2 Å². The predicted octanol–water partition coefficient (Wildman–Crippen LogP) is 6.26. The van der Waals surface area contributed by atoms with Gasteiger partial charge < -0.3 is 9.47 Å². The lowest BCUT2D eigenvalue weighted by Gasteiger charge is -2.39. The summed E-state index contributed by atoms with van der Waals surface area (Å²) in [6.07, 6.45) is 3.70. The second-order valence-corrected chi connectivity index (χ2v) is 11.2. The van der Waals surface area contributed by atoms with Crippen LogP contribution in [-0.2, 0) is 9.53 Å². The van der Waals surface area contributed by atoms with Crippen LogP contribution in [0.15, 0.2) is 24.3 Å². The fraction of sp³-hybridized carbons (Fsp3) is 0.682. The molecule has 0 radical (unpaired) electrons. The summed E-state index contributed by atoms with van der Waals surface area (Å²) in [6, 6.07) is 7.63. The quantitative estimate of drug-likeness (QED) is 0.422. The van der Waals surface area contributed by atoms with Gasteiger partial charge in [0.2, 0.25) is 0 Å². The van der Waals surface area contributed by atoms with E-state index >= 15 is 0 Å². The molecule has 0 amide bonds. The van der Waals surface area contributed by atoms with Gasteiger partial charge in [-0.3, -0.25) is 0 Å². The highest BCUT2D eigenvalue weighted by Gasteiger charge is 2.52. The van der Waals surface area contributed by atoms with Crippen molar-refractivity contribution in [3.63, 3.8) is 0 Å². The van der Waals surface area contributed by atoms with Crippen molar-refractivity contribution in [1.82, 2.24) is 0 Å². The lowest BCUT2D eigenvalue weighted by Crippen LogP contribution is -2.43. The van der Waals surface area contributed by atoms with Gasteiger partial charge in [-0.25, -0.2) is 4.79 Å². The molecule has 1 aromatic carbocycles. The van der Waals surface area contributed by atoms with Crippen molar-refractivity contribution in [1.29, 1.82) is 0 Å². The molecule has 27 heavy (non-hydrogen) atoms. The SMILES string of the molecule is CC1CC(OC(=O)C(C)(C)Oc2ccc(C3CC3(Cl)Cl)cc2)CC(C)(C)C1. The van der Waals surface area contributed by atoms with Crippen LogP contribution in [0.1, 0.15) is 71.8 Å². The normalized spacial score (nSPS) is 29.1. The van der Waals surface area contributed by atoms with Crippen LogP contribution in [0.2, 0.25) is 0 Å². The highest BCUT2D eigenvalue weighted by Crippen LogP contribution is 2.59. The number of hydrogen-bond donors (Lipinski definition) is 0. The molecule has 0 bridgehead atoms. The first-order valence-corrected chi connectivity index (χ1v) is 10.5. The van der Waals surface area contributed by atoms with E-state index in [0.29, 0.717) is 11.7 Å². The van der Waals surface area contributed by atoms with Crippen molar-refractivity contribution in [2.24, 2.45) is 11.3 Å². The average molecular weight is 413 g/mol. The van der Waals surface area contributed by atoms with Gasteiger partial charge in [0.25, 0.3) is 0 Å². The van der Waals surface area contributed by atoms with Crippen LogP contribution in [-0.4, -0.2) is 22.0 Å². The monoisotopic (exact) mass is 412 g/mol. The van der Waals surface area contributed by atoms with E-state index in [1.54, 1.807) is 13.8 Å². The Bertz CT molecular complexity index is 694. The summed E-state index contributed by atoms with van der Waals surface area (Å²) in [5.41, 5.74) is 0.243. The van der Waals surface area contributed by atoms with Crippen LogP contribution < -0.4 is 4.74 Å². The summed E-state index contributed by atoms with van der Waals surface area (Å²) < 4.78 is 11.1. The molecular formula is C22H30Cl2O3. The molecule has 3 rings (SSSR count). The Morgan fingerprint density at radius 1 is 1.11 bits per heavy atom. The molecule has 0 aliphatic heterocycles. The van der Waals surface area contributed by atoms with Gasteiger partial charge in [-0.2, -0.15) is 0 Å². The van der Waals surface area contributed by atoms with Gasteiger partial charge in [-0.1, -0.05) is 32.9 Å². The zero-order valence-electron chi connectivity index (χ0n) is 16.9. The van der Waals surface area contributed by atoms with Gasteiger partial charge in [0.15, 0.2) is 5.60 Å². The first kappa shape index (κ1) is 20.8. The Labute approximate surface area is 172 Å². The van der Waals surface area contributed by atoms with Crippen molar-refractivity contribution >= 4 is 29.2 Å². The Kier molecular flexibility index (Phi) is 5.51. The minimum absolute atomic E-state index is 0.0445. The molecule has 0 saturated heterocycles. The second-order valence-electron chi connectivity index (χ2n) is 9.64. The van der Waals surface area contributed by atoms with Crippen molar-refractivity contribution in [2.75, 3.05) is 0 Å². The summed E-state index contributed by atoms with van der Waals surface area (Å²) >= 11 is 12.3. The zero-order valence-corrected chi connectivity index (χ0v) is 18.4. The molecule has 3 nitrogen and oxygen atoms in total. The number of carbonyl (C=O) groups excluding carboxylic acids is 1. The number of rotatable bonds is 5. The molecule has 150 valence electrons. The third-order valence-corrected chi connectivity index (χ3v) is 6.43. The lowest BCUT2D eigenvalue weighted by atomic mass is 9.71. The van der Waals surface area contributed by atoms with Gasteiger partial charge in [0, 0.05) is 5.92 Å². The Morgan fingerprint density at radius 2 is 1.70 bits per heavy atom. The zero-order chi connectivity index (χ0) is 20.0. The third kappa shape index (κ3) is 5.12. The van der Waals surface area contributed by atoms with E-state index in [9.17, 15) is 4.79 Å². The molecule has 0 heterocycles. The first-order valence-electron chi connectivity index (χ1n) is 9.76. The molecule has 2 fully saturated rings. The highest BCUT2D eigenvalue weighted by atomic mass is 35.5.